The van der Waals surface area contributed by atoms with Crippen LogP contribution in [0.3, 0.4) is 0 Å². The number of carbonyl (C=O) groups is 8. The van der Waals surface area contributed by atoms with Gasteiger partial charge in [0.2, 0.25) is 11.8 Å². The zero-order valence-electron chi connectivity index (χ0n) is 33.7. The second-order valence-electron chi connectivity index (χ2n) is 13.3. The number of carbonyl (C=O) groups excluding carboxylic acids is 8. The van der Waals surface area contributed by atoms with E-state index in [1.54, 1.807) is 9.80 Å². The van der Waals surface area contributed by atoms with Crippen LogP contribution in [0.2, 0.25) is 0 Å². The molecule has 2 heterocycles. The Kier molecular flexibility index (Phi) is 27.2. The van der Waals surface area contributed by atoms with Crippen LogP contribution in [0.1, 0.15) is 46.0 Å². The highest BCUT2D eigenvalue weighted by molar-refractivity contribution is 8.23. The van der Waals surface area contributed by atoms with Gasteiger partial charge in [-0.1, -0.05) is 24.4 Å². The fourth-order valence-electron chi connectivity index (χ4n) is 5.50. The van der Waals surface area contributed by atoms with E-state index in [2.05, 4.69) is 10.6 Å². The van der Waals surface area contributed by atoms with E-state index in [-0.39, 0.29) is 140 Å². The van der Waals surface area contributed by atoms with Crippen LogP contribution in [0.5, 0.6) is 0 Å². The summed E-state index contributed by atoms with van der Waals surface area (Å²) in [6, 6.07) is 0. The van der Waals surface area contributed by atoms with Gasteiger partial charge in [-0.15, -0.1) is 23.5 Å². The maximum atomic E-state index is 12.7. The number of Topliss-reactive ketones (excluding diaryl/α,β-unsaturated/α-hetero) is 2. The van der Waals surface area contributed by atoms with Gasteiger partial charge < -0.3 is 39.1 Å². The summed E-state index contributed by atoms with van der Waals surface area (Å²) in [5.74, 6) is -1.68. The fraction of sp³-hybridized carbons (Fsp3) is 0.730. The summed E-state index contributed by atoms with van der Waals surface area (Å²) in [4.78, 5) is 99.7. The molecule has 2 saturated heterocycles. The third-order valence-corrected chi connectivity index (χ3v) is 11.9. The lowest BCUT2D eigenvalue weighted by molar-refractivity contribution is -0.150. The van der Waals surface area contributed by atoms with E-state index in [9.17, 15) is 38.4 Å². The van der Waals surface area contributed by atoms with Gasteiger partial charge >= 0.3 is 23.9 Å². The molecule has 0 saturated carbocycles. The highest BCUT2D eigenvalue weighted by Crippen LogP contribution is 2.29. The number of amides is 2. The van der Waals surface area contributed by atoms with Crippen molar-refractivity contribution in [3.63, 3.8) is 0 Å². The van der Waals surface area contributed by atoms with Crippen molar-refractivity contribution in [1.82, 2.24) is 20.4 Å². The number of ether oxygens (including phenoxy) is 6. The zero-order valence-corrected chi connectivity index (χ0v) is 36.9. The number of hydrogen-bond acceptors (Lipinski definition) is 20. The first-order valence-electron chi connectivity index (χ1n) is 19.3. The molecule has 2 unspecified atom stereocenters. The number of ketones is 2. The number of thiocarbonyl (C=S) groups is 2. The van der Waals surface area contributed by atoms with E-state index in [4.69, 9.17) is 52.9 Å². The van der Waals surface area contributed by atoms with Crippen LogP contribution in [0.4, 0.5) is 0 Å². The number of nitrogens with one attached hydrogen (secondary N) is 2. The van der Waals surface area contributed by atoms with E-state index < -0.39 is 23.9 Å². The van der Waals surface area contributed by atoms with Crippen molar-refractivity contribution in [2.45, 2.75) is 46.0 Å². The normalized spacial score (nSPS) is 16.2. The number of hydrogen-bond donors (Lipinski definition) is 2. The molecule has 2 atom stereocenters. The zero-order chi connectivity index (χ0) is 43.4. The molecule has 0 aromatic carbocycles. The summed E-state index contributed by atoms with van der Waals surface area (Å²) in [5.41, 5.74) is 0. The Labute approximate surface area is 363 Å². The predicted molar refractivity (Wildman–Crippen MR) is 226 cm³/mol. The van der Waals surface area contributed by atoms with Crippen LogP contribution in [0.15, 0.2) is 0 Å². The first-order chi connectivity index (χ1) is 28.2. The maximum Gasteiger partial charge on any atom is 0.332 e. The molecule has 59 heavy (non-hydrogen) atoms. The Morgan fingerprint density at radius 3 is 1.31 bits per heavy atom. The molecular formula is C37H56N4O14S4. The molecule has 18 nitrogen and oxygen atoms in total. The standard InChI is InChI=1S/C37H56N4O14S4/c1-26(42)52-16-10-40(22-30(44)28-6-20-58-36(28)56)12-18-54-34(48)24-50-14-8-38-32(46)4-3-5-33(47)39-9-15-51-25-35(49)55-19-13-41(11-17-53-27(2)43)23-31(45)29-7-21-59-37(29)57/h28-29H,3-25H2,1-2H3,(H,38,46)(H,39,47). The van der Waals surface area contributed by atoms with E-state index >= 15 is 0 Å². The summed E-state index contributed by atoms with van der Waals surface area (Å²) in [7, 11) is 0. The van der Waals surface area contributed by atoms with Crippen molar-refractivity contribution in [3.8, 4) is 0 Å². The van der Waals surface area contributed by atoms with Crippen molar-refractivity contribution < 1.29 is 66.8 Å². The Bertz CT molecular complexity index is 1350. The molecule has 2 aliphatic rings. The molecule has 0 bridgehead atoms. The van der Waals surface area contributed by atoms with Gasteiger partial charge in [0.1, 0.15) is 39.6 Å². The lowest BCUT2D eigenvalue weighted by Crippen LogP contribution is -2.39. The SMILES string of the molecule is CC(=O)OCCN(CCOC(=O)COCCNC(=O)CCCC(=O)NCCOCC(=O)OCCN(CCOC(C)=O)CC(=O)C1CCSC1=S)CC(=O)C1CCSC1=S. The van der Waals surface area contributed by atoms with Crippen molar-refractivity contribution >= 4 is 104 Å². The van der Waals surface area contributed by atoms with Crippen molar-refractivity contribution in [2.24, 2.45) is 11.8 Å². The lowest BCUT2D eigenvalue weighted by Gasteiger charge is -2.22. The van der Waals surface area contributed by atoms with E-state index in [0.29, 0.717) is 40.7 Å². The Morgan fingerprint density at radius 2 is 0.966 bits per heavy atom. The van der Waals surface area contributed by atoms with E-state index in [1.807, 2.05) is 0 Å². The van der Waals surface area contributed by atoms with E-state index in [1.165, 1.54) is 37.4 Å². The second kappa shape index (κ2) is 30.8. The van der Waals surface area contributed by atoms with Crippen LogP contribution >= 0.6 is 48.0 Å². The molecule has 0 aromatic heterocycles. The molecular weight excluding hydrogens is 853 g/mol. The molecule has 0 radical (unpaired) electrons. The molecule has 0 aromatic rings. The molecule has 2 rings (SSSR count). The minimum absolute atomic E-state index is 0.00413. The van der Waals surface area contributed by atoms with E-state index in [0.717, 1.165) is 11.5 Å². The Hall–Kier alpha value is -3.12. The summed E-state index contributed by atoms with van der Waals surface area (Å²) in [6.07, 6.45) is 1.88. The first kappa shape index (κ1) is 52.0. The molecule has 2 fully saturated rings. The van der Waals surface area contributed by atoms with Crippen LogP contribution in [0, 0.1) is 11.8 Å². The second-order valence-corrected chi connectivity index (χ2v) is 17.0. The third kappa shape index (κ3) is 24.7. The Morgan fingerprint density at radius 1 is 0.593 bits per heavy atom. The highest BCUT2D eigenvalue weighted by Gasteiger charge is 2.30. The van der Waals surface area contributed by atoms with Crippen molar-refractivity contribution in [3.05, 3.63) is 0 Å². The maximum absolute atomic E-state index is 12.7. The van der Waals surface area contributed by atoms with Gasteiger partial charge in [-0.2, -0.15) is 0 Å². The van der Waals surface area contributed by atoms with Crippen molar-refractivity contribution in [2.75, 3.05) is 117 Å². The molecule has 0 aliphatic carbocycles. The largest absolute Gasteiger partial charge is 0.465 e. The summed E-state index contributed by atoms with van der Waals surface area (Å²) in [6.45, 7) is 3.77. The summed E-state index contributed by atoms with van der Waals surface area (Å²) in [5, 5.41) is 5.30. The topological polar surface area (TPSA) is 222 Å². The minimum atomic E-state index is -0.616. The average Bonchev–Trinajstić information content (AvgIpc) is 3.81. The monoisotopic (exact) mass is 908 g/mol. The van der Waals surface area contributed by atoms with Crippen LogP contribution in [0.25, 0.3) is 0 Å². The molecule has 2 N–H and O–H groups in total. The van der Waals surface area contributed by atoms with Gasteiger partial charge in [-0.25, -0.2) is 9.59 Å². The quantitative estimate of drug-likeness (QED) is 0.0407. The highest BCUT2D eigenvalue weighted by atomic mass is 32.2. The predicted octanol–water partition coefficient (Wildman–Crippen LogP) is 0.538. The van der Waals surface area contributed by atoms with Gasteiger partial charge in [0.25, 0.3) is 0 Å². The number of thioether (sulfide) groups is 2. The minimum Gasteiger partial charge on any atom is -0.465 e. The summed E-state index contributed by atoms with van der Waals surface area (Å²) >= 11 is 13.6. The average molecular weight is 909 g/mol. The Balaban J connectivity index is 1.48. The fourth-order valence-corrected chi connectivity index (χ4v) is 8.51. The first-order valence-corrected chi connectivity index (χ1v) is 22.1. The summed E-state index contributed by atoms with van der Waals surface area (Å²) < 4.78 is 32.3. The molecule has 0 spiro atoms. The van der Waals surface area contributed by atoms with Crippen LogP contribution < -0.4 is 10.6 Å². The van der Waals surface area contributed by atoms with Gasteiger partial charge in [-0.05, 0) is 30.8 Å². The van der Waals surface area contributed by atoms with Crippen LogP contribution in [-0.4, -0.2) is 182 Å². The van der Waals surface area contributed by atoms with Crippen LogP contribution in [-0.2, 0) is 66.8 Å². The molecule has 22 heteroatoms. The van der Waals surface area contributed by atoms with Gasteiger partial charge in [0.15, 0.2) is 11.6 Å². The molecule has 2 aliphatic heterocycles. The lowest BCUT2D eigenvalue weighted by atomic mass is 10.0. The van der Waals surface area contributed by atoms with Crippen molar-refractivity contribution in [1.29, 1.82) is 0 Å². The number of rotatable bonds is 32. The smallest absolute Gasteiger partial charge is 0.332 e. The van der Waals surface area contributed by atoms with Gasteiger partial charge in [0, 0.05) is 66.0 Å². The van der Waals surface area contributed by atoms with Gasteiger partial charge in [-0.3, -0.25) is 38.6 Å². The molecule has 332 valence electrons. The van der Waals surface area contributed by atoms with Gasteiger partial charge in [0.05, 0.1) is 46.5 Å². The number of nitrogens with zero attached hydrogens (tertiary/aromatic N) is 2. The number of esters is 4. The molecule has 2 amide bonds. The third-order valence-electron chi connectivity index (χ3n) is 8.56.